The number of halogens is 1. The summed E-state index contributed by atoms with van der Waals surface area (Å²) in [4.78, 5) is 2.51. The van der Waals surface area contributed by atoms with Crippen LogP contribution >= 0.6 is 15.9 Å². The highest BCUT2D eigenvalue weighted by atomic mass is 79.9. The first-order valence-corrected chi connectivity index (χ1v) is 8.52. The predicted molar refractivity (Wildman–Crippen MR) is 90.3 cm³/mol. The maximum absolute atomic E-state index is 6.05. The molecule has 0 saturated carbocycles. The standard InChI is InChI=1S/C17H23BrN2O/c1-11-5-6-20(15(7-11)10-19)12(2)17-9-13-8-14(18)3-4-16(13)21-17/h3-4,8-9,11-12,15H,5-7,10,19H2,1-2H3. The molecule has 114 valence electrons. The third kappa shape index (κ3) is 3.03. The Labute approximate surface area is 134 Å². The minimum Gasteiger partial charge on any atom is -0.459 e. The molecule has 1 aliphatic rings. The van der Waals surface area contributed by atoms with Crippen LogP contribution in [0.25, 0.3) is 11.0 Å². The molecule has 2 N–H and O–H groups in total. The van der Waals surface area contributed by atoms with Crippen molar-refractivity contribution >= 4 is 26.9 Å². The molecule has 3 unspecified atom stereocenters. The van der Waals surface area contributed by atoms with Gasteiger partial charge in [0.15, 0.2) is 0 Å². The Morgan fingerprint density at radius 3 is 3.00 bits per heavy atom. The van der Waals surface area contributed by atoms with E-state index in [2.05, 4.69) is 46.8 Å². The fraction of sp³-hybridized carbons (Fsp3) is 0.529. The van der Waals surface area contributed by atoms with Crippen LogP contribution in [0.1, 0.15) is 38.5 Å². The summed E-state index contributed by atoms with van der Waals surface area (Å²) in [5.41, 5.74) is 6.94. The predicted octanol–water partition coefficient (Wildman–Crippen LogP) is 4.32. The van der Waals surface area contributed by atoms with Crippen LogP contribution in [-0.2, 0) is 0 Å². The molecule has 2 aromatic rings. The molecule has 21 heavy (non-hydrogen) atoms. The zero-order chi connectivity index (χ0) is 15.0. The summed E-state index contributed by atoms with van der Waals surface area (Å²) in [5, 5.41) is 1.15. The highest BCUT2D eigenvalue weighted by Crippen LogP contribution is 2.33. The second-order valence-electron chi connectivity index (χ2n) is 6.26. The number of fused-ring (bicyclic) bond motifs is 1. The van der Waals surface area contributed by atoms with Gasteiger partial charge < -0.3 is 10.2 Å². The minimum atomic E-state index is 0.275. The zero-order valence-electron chi connectivity index (χ0n) is 12.7. The average molecular weight is 351 g/mol. The van der Waals surface area contributed by atoms with E-state index >= 15 is 0 Å². The van der Waals surface area contributed by atoms with Crippen molar-refractivity contribution < 1.29 is 4.42 Å². The van der Waals surface area contributed by atoms with Crippen molar-refractivity contribution in [2.75, 3.05) is 13.1 Å². The molecule has 1 aromatic carbocycles. The van der Waals surface area contributed by atoms with Crippen LogP contribution in [0.5, 0.6) is 0 Å². The second-order valence-corrected chi connectivity index (χ2v) is 7.18. The van der Waals surface area contributed by atoms with E-state index in [-0.39, 0.29) is 6.04 Å². The number of likely N-dealkylation sites (tertiary alicyclic amines) is 1. The molecule has 0 amide bonds. The largest absolute Gasteiger partial charge is 0.459 e. The van der Waals surface area contributed by atoms with Crippen LogP contribution < -0.4 is 5.73 Å². The van der Waals surface area contributed by atoms with Crippen LogP contribution in [-0.4, -0.2) is 24.0 Å². The molecular weight excluding hydrogens is 328 g/mol. The minimum absolute atomic E-state index is 0.275. The van der Waals surface area contributed by atoms with Gasteiger partial charge in [-0.2, -0.15) is 0 Å². The molecule has 1 aromatic heterocycles. The lowest BCUT2D eigenvalue weighted by molar-refractivity contribution is 0.0743. The summed E-state index contributed by atoms with van der Waals surface area (Å²) in [6.45, 7) is 6.38. The lowest BCUT2D eigenvalue weighted by Gasteiger charge is -2.41. The third-order valence-corrected chi connectivity index (χ3v) is 5.20. The Hall–Kier alpha value is -0.840. The topological polar surface area (TPSA) is 42.4 Å². The monoisotopic (exact) mass is 350 g/mol. The van der Waals surface area contributed by atoms with E-state index in [0.29, 0.717) is 6.04 Å². The Morgan fingerprint density at radius 2 is 2.24 bits per heavy atom. The first-order valence-electron chi connectivity index (χ1n) is 7.73. The van der Waals surface area contributed by atoms with E-state index < -0.39 is 0 Å². The third-order valence-electron chi connectivity index (χ3n) is 4.70. The van der Waals surface area contributed by atoms with Crippen LogP contribution in [0, 0.1) is 5.92 Å². The van der Waals surface area contributed by atoms with Crippen LogP contribution in [0.15, 0.2) is 33.2 Å². The summed E-state index contributed by atoms with van der Waals surface area (Å²) in [6.07, 6.45) is 2.43. The lowest BCUT2D eigenvalue weighted by Crippen LogP contribution is -2.47. The quantitative estimate of drug-likeness (QED) is 0.896. The maximum Gasteiger partial charge on any atom is 0.134 e. The summed E-state index contributed by atoms with van der Waals surface area (Å²) >= 11 is 3.51. The molecule has 0 spiro atoms. The maximum atomic E-state index is 6.05. The van der Waals surface area contributed by atoms with E-state index in [0.717, 1.165) is 40.2 Å². The summed E-state index contributed by atoms with van der Waals surface area (Å²) < 4.78 is 7.14. The second kappa shape index (κ2) is 6.11. The van der Waals surface area contributed by atoms with E-state index in [1.807, 2.05) is 12.1 Å². The zero-order valence-corrected chi connectivity index (χ0v) is 14.3. The molecule has 1 aliphatic heterocycles. The van der Waals surface area contributed by atoms with Crippen molar-refractivity contribution in [2.45, 2.75) is 38.8 Å². The van der Waals surface area contributed by atoms with Crippen molar-refractivity contribution in [1.29, 1.82) is 0 Å². The van der Waals surface area contributed by atoms with E-state index in [4.69, 9.17) is 10.2 Å². The Morgan fingerprint density at radius 1 is 1.43 bits per heavy atom. The lowest BCUT2D eigenvalue weighted by atomic mass is 9.91. The number of nitrogens with two attached hydrogens (primary N) is 1. The van der Waals surface area contributed by atoms with Gasteiger partial charge in [0.05, 0.1) is 6.04 Å². The summed E-state index contributed by atoms with van der Waals surface area (Å²) in [5.74, 6) is 1.81. The van der Waals surface area contributed by atoms with Gasteiger partial charge in [0.1, 0.15) is 11.3 Å². The van der Waals surface area contributed by atoms with Gasteiger partial charge in [-0.05, 0) is 56.5 Å². The molecule has 3 atom stereocenters. The van der Waals surface area contributed by atoms with Crippen LogP contribution in [0.4, 0.5) is 0 Å². The number of nitrogens with zero attached hydrogens (tertiary/aromatic N) is 1. The molecule has 1 fully saturated rings. The number of rotatable bonds is 3. The summed E-state index contributed by atoms with van der Waals surface area (Å²) in [7, 11) is 0. The smallest absolute Gasteiger partial charge is 0.134 e. The van der Waals surface area contributed by atoms with Gasteiger partial charge in [-0.1, -0.05) is 22.9 Å². The molecule has 0 radical (unpaired) electrons. The first kappa shape index (κ1) is 15.1. The molecule has 3 rings (SSSR count). The van der Waals surface area contributed by atoms with Gasteiger partial charge in [-0.25, -0.2) is 0 Å². The van der Waals surface area contributed by atoms with Crippen LogP contribution in [0.2, 0.25) is 0 Å². The Kier molecular flexibility index (Phi) is 4.38. The van der Waals surface area contributed by atoms with Crippen molar-refractivity contribution in [3.8, 4) is 0 Å². The average Bonchev–Trinajstić information content (AvgIpc) is 2.89. The van der Waals surface area contributed by atoms with E-state index in [9.17, 15) is 0 Å². The molecule has 4 heteroatoms. The van der Waals surface area contributed by atoms with Crippen molar-refractivity contribution in [3.63, 3.8) is 0 Å². The van der Waals surface area contributed by atoms with Crippen LogP contribution in [0.3, 0.4) is 0 Å². The molecule has 0 aliphatic carbocycles. The Bertz CT molecular complexity index is 624. The highest BCUT2D eigenvalue weighted by molar-refractivity contribution is 9.10. The molecule has 2 heterocycles. The summed E-state index contributed by atoms with van der Waals surface area (Å²) in [6, 6.07) is 9.05. The number of hydrogen-bond donors (Lipinski definition) is 1. The van der Waals surface area contributed by atoms with Crippen molar-refractivity contribution in [1.82, 2.24) is 4.90 Å². The SMILES string of the molecule is CC1CCN(C(C)c2cc3cc(Br)ccc3o2)C(CN)C1. The van der Waals surface area contributed by atoms with Crippen molar-refractivity contribution in [2.24, 2.45) is 11.7 Å². The van der Waals surface area contributed by atoms with Crippen molar-refractivity contribution in [3.05, 3.63) is 34.5 Å². The first-order chi connectivity index (χ1) is 10.1. The highest BCUT2D eigenvalue weighted by Gasteiger charge is 2.30. The van der Waals surface area contributed by atoms with Gasteiger partial charge in [0, 0.05) is 22.4 Å². The molecule has 0 bridgehead atoms. The number of hydrogen-bond acceptors (Lipinski definition) is 3. The molecular formula is C17H23BrN2O. The number of benzene rings is 1. The van der Waals surface area contributed by atoms with Gasteiger partial charge in [0.25, 0.3) is 0 Å². The van der Waals surface area contributed by atoms with E-state index in [1.165, 1.54) is 12.8 Å². The van der Waals surface area contributed by atoms with Gasteiger partial charge in [-0.3, -0.25) is 4.90 Å². The number of piperidine rings is 1. The fourth-order valence-electron chi connectivity index (χ4n) is 3.42. The molecule has 1 saturated heterocycles. The fourth-order valence-corrected chi connectivity index (χ4v) is 3.79. The van der Waals surface area contributed by atoms with Gasteiger partial charge >= 0.3 is 0 Å². The van der Waals surface area contributed by atoms with E-state index in [1.54, 1.807) is 0 Å². The number of furan rings is 1. The molecule has 3 nitrogen and oxygen atoms in total. The van der Waals surface area contributed by atoms with Gasteiger partial charge in [-0.15, -0.1) is 0 Å². The Balaban J connectivity index is 1.86. The normalized spacial score (nSPS) is 25.3. The van der Waals surface area contributed by atoms with Gasteiger partial charge in [0.2, 0.25) is 0 Å².